The van der Waals surface area contributed by atoms with Crippen LogP contribution in [0.3, 0.4) is 0 Å². The molecule has 4 rings (SSSR count). The quantitative estimate of drug-likeness (QED) is 0.770. The number of hydrogen-bond acceptors (Lipinski definition) is 5. The molecule has 3 heterocycles. The lowest BCUT2D eigenvalue weighted by Crippen LogP contribution is -2.54. The van der Waals surface area contributed by atoms with Gasteiger partial charge in [-0.25, -0.2) is 8.78 Å². The monoisotopic (exact) mass is 331 g/mol. The Morgan fingerprint density at radius 2 is 2.04 bits per heavy atom. The zero-order valence-electron chi connectivity index (χ0n) is 12.9. The molecule has 124 valence electrons. The summed E-state index contributed by atoms with van der Waals surface area (Å²) in [6, 6.07) is 4.64. The molecule has 24 heavy (non-hydrogen) atoms. The molecule has 3 N–H and O–H groups in total. The maximum atomic E-state index is 14.1. The van der Waals surface area contributed by atoms with E-state index in [2.05, 4.69) is 15.2 Å². The summed E-state index contributed by atoms with van der Waals surface area (Å²) in [7, 11) is 0. The average molecular weight is 331 g/mol. The fraction of sp³-hybridized carbons (Fsp3) is 0.250. The number of aryl methyl sites for hydroxylation is 1. The van der Waals surface area contributed by atoms with Crippen LogP contribution in [0.25, 0.3) is 10.9 Å². The van der Waals surface area contributed by atoms with E-state index in [1.807, 2.05) is 11.8 Å². The van der Waals surface area contributed by atoms with E-state index in [0.29, 0.717) is 30.0 Å². The third-order valence-corrected chi connectivity index (χ3v) is 4.08. The van der Waals surface area contributed by atoms with Crippen molar-refractivity contribution in [3.8, 4) is 5.75 Å². The van der Waals surface area contributed by atoms with Crippen LogP contribution in [-0.2, 0) is 0 Å². The number of hydrogen-bond donors (Lipinski definition) is 2. The first kappa shape index (κ1) is 14.7. The summed E-state index contributed by atoms with van der Waals surface area (Å²) >= 11 is 0. The number of ether oxygens (including phenoxy) is 1. The minimum atomic E-state index is -0.485. The number of aromatic nitrogens is 3. The molecule has 0 unspecified atom stereocenters. The average Bonchev–Trinajstić information content (AvgIpc) is 2.87. The molecule has 1 fully saturated rings. The van der Waals surface area contributed by atoms with E-state index < -0.39 is 5.82 Å². The van der Waals surface area contributed by atoms with Crippen LogP contribution in [0.5, 0.6) is 5.75 Å². The second-order valence-corrected chi connectivity index (χ2v) is 5.86. The summed E-state index contributed by atoms with van der Waals surface area (Å²) < 4.78 is 33.6. The first-order valence-corrected chi connectivity index (χ1v) is 7.48. The number of nitrogens with zero attached hydrogens (tertiary/aromatic N) is 3. The zero-order valence-corrected chi connectivity index (χ0v) is 12.9. The number of rotatable bonds is 3. The molecule has 1 saturated heterocycles. The molecule has 1 aliphatic heterocycles. The molecule has 0 bridgehead atoms. The normalized spacial score (nSPS) is 14.9. The number of nitrogens with two attached hydrogens (primary N) is 1. The Morgan fingerprint density at radius 1 is 1.25 bits per heavy atom. The molecule has 0 saturated carbocycles. The standard InChI is InChI=1S/C16H15F2N5O/c1-8-2-14(12(18)5-20-8)23-6-10(7-23)24-9-3-11(17)15-13(4-9)21-22-16(15)19/h2-5,10H,6-7H2,1H3,(H3,19,21,22). The van der Waals surface area contributed by atoms with Gasteiger partial charge in [0.05, 0.1) is 35.9 Å². The fourth-order valence-corrected chi connectivity index (χ4v) is 2.85. The van der Waals surface area contributed by atoms with Crippen LogP contribution < -0.4 is 15.4 Å². The van der Waals surface area contributed by atoms with Gasteiger partial charge in [-0.15, -0.1) is 0 Å². The van der Waals surface area contributed by atoms with Crippen LogP contribution in [0.1, 0.15) is 5.69 Å². The molecular weight excluding hydrogens is 316 g/mol. The highest BCUT2D eigenvalue weighted by Gasteiger charge is 2.31. The van der Waals surface area contributed by atoms with Crippen LogP contribution >= 0.6 is 0 Å². The Bertz CT molecular complexity index is 920. The second kappa shape index (κ2) is 5.33. The number of nitrogen functional groups attached to an aromatic ring is 1. The third kappa shape index (κ3) is 2.40. The smallest absolute Gasteiger partial charge is 0.164 e. The van der Waals surface area contributed by atoms with Crippen molar-refractivity contribution < 1.29 is 13.5 Å². The summed E-state index contributed by atoms with van der Waals surface area (Å²) in [6.07, 6.45) is 1.07. The van der Waals surface area contributed by atoms with Gasteiger partial charge in [-0.1, -0.05) is 0 Å². The van der Waals surface area contributed by atoms with Gasteiger partial charge in [-0.05, 0) is 13.0 Å². The number of halogens is 2. The summed E-state index contributed by atoms with van der Waals surface area (Å²) in [4.78, 5) is 5.77. The van der Waals surface area contributed by atoms with Gasteiger partial charge in [0.1, 0.15) is 17.7 Å². The lowest BCUT2D eigenvalue weighted by molar-refractivity contribution is 0.166. The molecule has 1 aromatic carbocycles. The van der Waals surface area contributed by atoms with Crippen LogP contribution in [0, 0.1) is 18.6 Å². The van der Waals surface area contributed by atoms with Crippen LogP contribution in [-0.4, -0.2) is 34.4 Å². The lowest BCUT2D eigenvalue weighted by atomic mass is 10.1. The Morgan fingerprint density at radius 3 is 2.83 bits per heavy atom. The largest absolute Gasteiger partial charge is 0.487 e. The number of benzene rings is 1. The topological polar surface area (TPSA) is 80.1 Å². The Labute approximate surface area is 136 Å². The van der Waals surface area contributed by atoms with Crippen molar-refractivity contribution in [2.75, 3.05) is 23.7 Å². The summed E-state index contributed by atoms with van der Waals surface area (Å²) in [5, 5.41) is 6.70. The molecule has 0 amide bonds. The molecule has 0 atom stereocenters. The highest BCUT2D eigenvalue weighted by Crippen LogP contribution is 2.30. The zero-order chi connectivity index (χ0) is 16.8. The van der Waals surface area contributed by atoms with Crippen molar-refractivity contribution in [2.45, 2.75) is 13.0 Å². The van der Waals surface area contributed by atoms with Crippen molar-refractivity contribution in [3.63, 3.8) is 0 Å². The second-order valence-electron chi connectivity index (χ2n) is 5.86. The summed E-state index contributed by atoms with van der Waals surface area (Å²) in [5.41, 5.74) is 7.34. The third-order valence-electron chi connectivity index (χ3n) is 4.08. The van der Waals surface area contributed by atoms with Crippen LogP contribution in [0.15, 0.2) is 24.4 Å². The molecular formula is C16H15F2N5O. The van der Waals surface area contributed by atoms with Crippen molar-refractivity contribution in [3.05, 3.63) is 41.7 Å². The molecule has 1 aliphatic rings. The van der Waals surface area contributed by atoms with E-state index in [-0.39, 0.29) is 23.1 Å². The fourth-order valence-electron chi connectivity index (χ4n) is 2.85. The number of pyridine rings is 1. The van der Waals surface area contributed by atoms with E-state index in [9.17, 15) is 8.78 Å². The van der Waals surface area contributed by atoms with Gasteiger partial charge in [0.15, 0.2) is 11.6 Å². The number of H-pyrrole nitrogens is 1. The molecule has 6 nitrogen and oxygen atoms in total. The predicted octanol–water partition coefficient (Wildman–Crippen LogP) is 2.39. The summed E-state index contributed by atoms with van der Waals surface area (Å²) in [5.74, 6) is -0.340. The molecule has 2 aromatic heterocycles. The summed E-state index contributed by atoms with van der Waals surface area (Å²) in [6.45, 7) is 2.85. The van der Waals surface area contributed by atoms with E-state index in [1.54, 1.807) is 12.1 Å². The van der Waals surface area contributed by atoms with Gasteiger partial charge < -0.3 is 15.4 Å². The minimum absolute atomic E-state index is 0.118. The minimum Gasteiger partial charge on any atom is -0.487 e. The first-order valence-electron chi connectivity index (χ1n) is 7.48. The van der Waals surface area contributed by atoms with Crippen molar-refractivity contribution in [1.82, 2.24) is 15.2 Å². The van der Waals surface area contributed by atoms with Crippen molar-refractivity contribution in [1.29, 1.82) is 0 Å². The molecule has 8 heteroatoms. The number of aromatic amines is 1. The Hall–Kier alpha value is -2.90. The molecule has 0 aliphatic carbocycles. The van der Waals surface area contributed by atoms with Gasteiger partial charge in [0.2, 0.25) is 0 Å². The lowest BCUT2D eigenvalue weighted by Gasteiger charge is -2.40. The Kier molecular flexibility index (Phi) is 3.26. The maximum absolute atomic E-state index is 14.1. The SMILES string of the molecule is Cc1cc(N2CC(Oc3cc(F)c4c(N)n[nH]c4c3)C2)c(F)cn1. The highest BCUT2D eigenvalue weighted by molar-refractivity contribution is 5.90. The number of anilines is 2. The maximum Gasteiger partial charge on any atom is 0.164 e. The number of nitrogens with one attached hydrogen (secondary N) is 1. The van der Waals surface area contributed by atoms with Crippen LogP contribution in [0.2, 0.25) is 0 Å². The Balaban J connectivity index is 1.48. The van der Waals surface area contributed by atoms with Crippen molar-refractivity contribution >= 4 is 22.4 Å². The van der Waals surface area contributed by atoms with Gasteiger partial charge in [0.25, 0.3) is 0 Å². The van der Waals surface area contributed by atoms with E-state index in [4.69, 9.17) is 10.5 Å². The molecule has 3 aromatic rings. The van der Waals surface area contributed by atoms with E-state index >= 15 is 0 Å². The highest BCUT2D eigenvalue weighted by atomic mass is 19.1. The molecule has 0 radical (unpaired) electrons. The predicted molar refractivity (Wildman–Crippen MR) is 86.0 cm³/mol. The first-order chi connectivity index (χ1) is 11.5. The van der Waals surface area contributed by atoms with E-state index in [1.165, 1.54) is 12.3 Å². The van der Waals surface area contributed by atoms with Crippen molar-refractivity contribution in [2.24, 2.45) is 0 Å². The van der Waals surface area contributed by atoms with Gasteiger partial charge >= 0.3 is 0 Å². The molecule has 0 spiro atoms. The van der Waals surface area contributed by atoms with Gasteiger partial charge in [0, 0.05) is 17.8 Å². The van der Waals surface area contributed by atoms with E-state index in [0.717, 1.165) is 5.69 Å². The van der Waals surface area contributed by atoms with Crippen LogP contribution in [0.4, 0.5) is 20.3 Å². The number of fused-ring (bicyclic) bond motifs is 1. The van der Waals surface area contributed by atoms with Gasteiger partial charge in [-0.2, -0.15) is 5.10 Å². The van der Waals surface area contributed by atoms with Gasteiger partial charge in [-0.3, -0.25) is 10.1 Å².